The van der Waals surface area contributed by atoms with Gasteiger partial charge >= 0.3 is 5.69 Å². The molecule has 0 radical (unpaired) electrons. The third-order valence-electron chi connectivity index (χ3n) is 3.43. The molecule has 0 bridgehead atoms. The summed E-state index contributed by atoms with van der Waals surface area (Å²) in [7, 11) is 1.37. The lowest BCUT2D eigenvalue weighted by atomic mass is 10.1. The zero-order chi connectivity index (χ0) is 17.8. The van der Waals surface area contributed by atoms with Gasteiger partial charge in [0.2, 0.25) is 5.95 Å². The van der Waals surface area contributed by atoms with Crippen molar-refractivity contribution in [2.45, 2.75) is 0 Å². The summed E-state index contributed by atoms with van der Waals surface area (Å²) in [5, 5.41) is 14.1. The molecule has 0 fully saturated rings. The molecule has 126 valence electrons. The van der Waals surface area contributed by atoms with E-state index in [1.807, 2.05) is 0 Å². The second-order valence-electron chi connectivity index (χ2n) is 5.04. The minimum absolute atomic E-state index is 0.147. The number of halogens is 1. The zero-order valence-electron chi connectivity index (χ0n) is 13.1. The third-order valence-corrected chi connectivity index (χ3v) is 3.43. The van der Waals surface area contributed by atoms with Crippen LogP contribution in [0.2, 0.25) is 0 Å². The molecule has 0 aliphatic carbocycles. The van der Waals surface area contributed by atoms with Crippen LogP contribution in [0, 0.1) is 15.9 Å². The highest BCUT2D eigenvalue weighted by atomic mass is 19.1. The number of hydrogen-bond donors (Lipinski definition) is 1. The van der Waals surface area contributed by atoms with E-state index in [-0.39, 0.29) is 17.3 Å². The monoisotopic (exact) mass is 340 g/mol. The Labute approximate surface area is 142 Å². The van der Waals surface area contributed by atoms with Crippen molar-refractivity contribution in [2.24, 2.45) is 0 Å². The molecule has 25 heavy (non-hydrogen) atoms. The fraction of sp³-hybridized carbons (Fsp3) is 0.0588. The van der Waals surface area contributed by atoms with Crippen LogP contribution in [0.3, 0.4) is 0 Å². The number of rotatable bonds is 5. The average Bonchev–Trinajstić information content (AvgIpc) is 2.63. The highest BCUT2D eigenvalue weighted by Crippen LogP contribution is 2.31. The largest absolute Gasteiger partial charge is 0.490 e. The first kappa shape index (κ1) is 16.3. The van der Waals surface area contributed by atoms with E-state index >= 15 is 0 Å². The molecule has 3 rings (SSSR count). The predicted molar refractivity (Wildman–Crippen MR) is 90.4 cm³/mol. The number of benzene rings is 2. The topological polar surface area (TPSA) is 90.2 Å². The highest BCUT2D eigenvalue weighted by molar-refractivity contribution is 5.67. The summed E-state index contributed by atoms with van der Waals surface area (Å²) in [6, 6.07) is 12.0. The van der Waals surface area contributed by atoms with Crippen molar-refractivity contribution in [3.05, 3.63) is 70.7 Å². The Balaban J connectivity index is 1.92. The van der Waals surface area contributed by atoms with Gasteiger partial charge in [-0.2, -0.15) is 0 Å². The maximum Gasteiger partial charge on any atom is 0.311 e. The maximum absolute atomic E-state index is 13.0. The molecule has 2 aromatic carbocycles. The Morgan fingerprint density at radius 1 is 1.16 bits per heavy atom. The standard InChI is InChI=1S/C17H13FN4O3/c1-25-16-7-2-11(10-15(16)22(23)24)14-8-9-19-17(21-14)20-13-5-3-12(18)4-6-13/h2-10H,1H3,(H,19,20,21). The van der Waals surface area contributed by atoms with Crippen molar-refractivity contribution in [1.82, 2.24) is 9.97 Å². The van der Waals surface area contributed by atoms with Crippen molar-refractivity contribution in [1.29, 1.82) is 0 Å². The zero-order valence-corrected chi connectivity index (χ0v) is 13.1. The van der Waals surface area contributed by atoms with Gasteiger partial charge in [-0.05, 0) is 42.5 Å². The van der Waals surface area contributed by atoms with Crippen molar-refractivity contribution in [2.75, 3.05) is 12.4 Å². The number of nitro benzene ring substituents is 1. The molecule has 0 unspecified atom stereocenters. The molecule has 1 heterocycles. The van der Waals surface area contributed by atoms with Crippen LogP contribution in [-0.2, 0) is 0 Å². The van der Waals surface area contributed by atoms with Gasteiger partial charge in [0.25, 0.3) is 0 Å². The second kappa shape index (κ2) is 6.91. The van der Waals surface area contributed by atoms with Crippen LogP contribution in [0.15, 0.2) is 54.7 Å². The van der Waals surface area contributed by atoms with Gasteiger partial charge in [-0.15, -0.1) is 0 Å². The summed E-state index contributed by atoms with van der Waals surface area (Å²) in [5.41, 5.74) is 1.54. The molecule has 1 N–H and O–H groups in total. The fourth-order valence-electron chi connectivity index (χ4n) is 2.23. The van der Waals surface area contributed by atoms with Crippen LogP contribution >= 0.6 is 0 Å². The second-order valence-corrected chi connectivity index (χ2v) is 5.04. The van der Waals surface area contributed by atoms with E-state index in [2.05, 4.69) is 15.3 Å². The Bertz CT molecular complexity index is 916. The van der Waals surface area contributed by atoms with Crippen LogP contribution in [0.5, 0.6) is 5.75 Å². The summed E-state index contributed by atoms with van der Waals surface area (Å²) < 4.78 is 17.9. The van der Waals surface area contributed by atoms with E-state index in [1.165, 1.54) is 37.6 Å². The normalized spacial score (nSPS) is 10.3. The van der Waals surface area contributed by atoms with Crippen LogP contribution in [0.25, 0.3) is 11.3 Å². The first-order valence-electron chi connectivity index (χ1n) is 7.25. The number of aromatic nitrogens is 2. The van der Waals surface area contributed by atoms with E-state index < -0.39 is 4.92 Å². The van der Waals surface area contributed by atoms with Gasteiger partial charge in [-0.1, -0.05) is 0 Å². The number of hydrogen-bond acceptors (Lipinski definition) is 6. The summed E-state index contributed by atoms with van der Waals surface area (Å²) in [6.45, 7) is 0. The van der Waals surface area contributed by atoms with Gasteiger partial charge in [-0.3, -0.25) is 10.1 Å². The Morgan fingerprint density at radius 3 is 2.60 bits per heavy atom. The highest BCUT2D eigenvalue weighted by Gasteiger charge is 2.16. The third kappa shape index (κ3) is 3.69. The number of nitrogens with one attached hydrogen (secondary N) is 1. The molecule has 0 saturated carbocycles. The Hall–Kier alpha value is -3.55. The lowest BCUT2D eigenvalue weighted by Gasteiger charge is -2.08. The first-order valence-corrected chi connectivity index (χ1v) is 7.25. The molecule has 3 aromatic rings. The van der Waals surface area contributed by atoms with Crippen molar-refractivity contribution in [3.8, 4) is 17.0 Å². The molecule has 7 nitrogen and oxygen atoms in total. The van der Waals surface area contributed by atoms with Gasteiger partial charge < -0.3 is 10.1 Å². The number of nitro groups is 1. The van der Waals surface area contributed by atoms with Crippen LogP contribution < -0.4 is 10.1 Å². The molecule has 0 amide bonds. The first-order chi connectivity index (χ1) is 12.1. The molecule has 0 spiro atoms. The molecule has 0 aliphatic heterocycles. The Morgan fingerprint density at radius 2 is 1.92 bits per heavy atom. The predicted octanol–water partition coefficient (Wildman–Crippen LogP) is 3.94. The molecule has 8 heteroatoms. The minimum atomic E-state index is -0.513. The van der Waals surface area contributed by atoms with Gasteiger partial charge in [0, 0.05) is 23.5 Å². The number of nitrogens with zero attached hydrogens (tertiary/aromatic N) is 3. The fourth-order valence-corrected chi connectivity index (χ4v) is 2.23. The number of ether oxygens (including phenoxy) is 1. The molecule has 1 aromatic heterocycles. The quantitative estimate of drug-likeness (QED) is 0.559. The summed E-state index contributed by atoms with van der Waals surface area (Å²) in [5.74, 6) is 0.126. The van der Waals surface area contributed by atoms with E-state index in [4.69, 9.17) is 4.74 Å². The summed E-state index contributed by atoms with van der Waals surface area (Å²) >= 11 is 0. The lowest BCUT2D eigenvalue weighted by molar-refractivity contribution is -0.385. The smallest absolute Gasteiger partial charge is 0.311 e. The lowest BCUT2D eigenvalue weighted by Crippen LogP contribution is -1.99. The minimum Gasteiger partial charge on any atom is -0.490 e. The SMILES string of the molecule is COc1ccc(-c2ccnc(Nc3ccc(F)cc3)n2)cc1[N+](=O)[O-]. The molecular weight excluding hydrogens is 327 g/mol. The van der Waals surface area contributed by atoms with E-state index in [9.17, 15) is 14.5 Å². The molecule has 0 saturated heterocycles. The number of methoxy groups -OCH3 is 1. The molecular formula is C17H13FN4O3. The summed E-state index contributed by atoms with van der Waals surface area (Å²) in [4.78, 5) is 19.1. The van der Waals surface area contributed by atoms with Crippen molar-refractivity contribution < 1.29 is 14.1 Å². The van der Waals surface area contributed by atoms with Gasteiger partial charge in [0.15, 0.2) is 5.75 Å². The van der Waals surface area contributed by atoms with E-state index in [0.29, 0.717) is 22.9 Å². The molecule has 0 aliphatic rings. The van der Waals surface area contributed by atoms with E-state index in [0.717, 1.165) is 0 Å². The van der Waals surface area contributed by atoms with Crippen LogP contribution in [0.4, 0.5) is 21.7 Å². The molecule has 0 atom stereocenters. The average molecular weight is 340 g/mol. The van der Waals surface area contributed by atoms with Crippen molar-refractivity contribution >= 4 is 17.3 Å². The number of anilines is 2. The van der Waals surface area contributed by atoms with Gasteiger partial charge in [-0.25, -0.2) is 14.4 Å². The van der Waals surface area contributed by atoms with Gasteiger partial charge in [0.1, 0.15) is 5.82 Å². The van der Waals surface area contributed by atoms with E-state index in [1.54, 1.807) is 24.3 Å². The van der Waals surface area contributed by atoms with Crippen molar-refractivity contribution in [3.63, 3.8) is 0 Å². The Kier molecular flexibility index (Phi) is 4.51. The summed E-state index contributed by atoms with van der Waals surface area (Å²) in [6.07, 6.45) is 1.53. The van der Waals surface area contributed by atoms with Gasteiger partial charge in [0.05, 0.1) is 17.7 Å². The van der Waals surface area contributed by atoms with Crippen LogP contribution in [0.1, 0.15) is 0 Å². The maximum atomic E-state index is 13.0. The van der Waals surface area contributed by atoms with Crippen LogP contribution in [-0.4, -0.2) is 22.0 Å².